The molecule has 2 aromatic carbocycles. The zero-order valence-corrected chi connectivity index (χ0v) is 11.9. The number of carbonyl (C=O) groups excluding carboxylic acids is 1. The number of anilines is 1. The van der Waals surface area contributed by atoms with E-state index in [4.69, 9.17) is 5.73 Å². The molecule has 0 saturated carbocycles. The number of benzene rings is 2. The highest BCUT2D eigenvalue weighted by molar-refractivity contribution is 6.09. The third kappa shape index (κ3) is 2.37. The van der Waals surface area contributed by atoms with Crippen LogP contribution in [-0.4, -0.2) is 17.9 Å². The maximum atomic E-state index is 13.4. The van der Waals surface area contributed by atoms with Gasteiger partial charge in [0.1, 0.15) is 11.6 Å². The quantitative estimate of drug-likeness (QED) is 0.763. The summed E-state index contributed by atoms with van der Waals surface area (Å²) >= 11 is 0. The van der Waals surface area contributed by atoms with E-state index in [-0.39, 0.29) is 11.7 Å². The molecule has 3 N–H and O–H groups in total. The zero-order chi connectivity index (χ0) is 15.7. The van der Waals surface area contributed by atoms with E-state index in [1.807, 2.05) is 18.2 Å². The van der Waals surface area contributed by atoms with Gasteiger partial charge in [0.15, 0.2) is 0 Å². The average Bonchev–Trinajstić information content (AvgIpc) is 2.54. The van der Waals surface area contributed by atoms with Crippen LogP contribution in [-0.2, 0) is 0 Å². The Balaban J connectivity index is 2.22. The van der Waals surface area contributed by atoms with Crippen molar-refractivity contribution in [2.45, 2.75) is 0 Å². The second-order valence-corrected chi connectivity index (χ2v) is 4.91. The number of hydrogen-bond donors (Lipinski definition) is 2. The maximum absolute atomic E-state index is 13.4. The first-order valence-corrected chi connectivity index (χ1v) is 6.76. The van der Waals surface area contributed by atoms with E-state index in [1.165, 1.54) is 18.3 Å². The molecular formula is C17H14FN3O. The van der Waals surface area contributed by atoms with Crippen LogP contribution >= 0.6 is 0 Å². The molecule has 0 fully saturated rings. The van der Waals surface area contributed by atoms with Gasteiger partial charge in [0.2, 0.25) is 0 Å². The van der Waals surface area contributed by atoms with Crippen LogP contribution in [0, 0.1) is 5.82 Å². The molecule has 5 heteroatoms. The van der Waals surface area contributed by atoms with E-state index in [1.54, 1.807) is 19.2 Å². The number of rotatable bonds is 2. The van der Waals surface area contributed by atoms with Crippen molar-refractivity contribution in [1.29, 1.82) is 0 Å². The zero-order valence-electron chi connectivity index (χ0n) is 11.9. The minimum atomic E-state index is -0.303. The number of nitrogens with zero attached hydrogens (tertiary/aromatic N) is 1. The highest BCUT2D eigenvalue weighted by atomic mass is 19.1. The highest BCUT2D eigenvalue weighted by Crippen LogP contribution is 2.29. The number of nitrogen functional groups attached to an aromatic ring is 1. The smallest absolute Gasteiger partial charge is 0.253 e. The number of nitrogens with one attached hydrogen (secondary N) is 1. The number of hydrogen-bond acceptors (Lipinski definition) is 3. The van der Waals surface area contributed by atoms with Gasteiger partial charge < -0.3 is 11.1 Å². The summed E-state index contributed by atoms with van der Waals surface area (Å²) < 4.78 is 13.4. The maximum Gasteiger partial charge on any atom is 0.253 e. The van der Waals surface area contributed by atoms with Gasteiger partial charge in [0, 0.05) is 18.6 Å². The van der Waals surface area contributed by atoms with Gasteiger partial charge in [-0.2, -0.15) is 0 Å². The molecule has 110 valence electrons. The lowest BCUT2D eigenvalue weighted by Gasteiger charge is -2.09. The van der Waals surface area contributed by atoms with Gasteiger partial charge in [0.05, 0.1) is 5.56 Å². The summed E-state index contributed by atoms with van der Waals surface area (Å²) in [6.45, 7) is 0. The summed E-state index contributed by atoms with van der Waals surface area (Å²) in [6.07, 6.45) is 1.46. The Morgan fingerprint density at radius 3 is 2.64 bits per heavy atom. The molecule has 22 heavy (non-hydrogen) atoms. The van der Waals surface area contributed by atoms with Crippen molar-refractivity contribution >= 4 is 22.5 Å². The SMILES string of the molecule is CNC(=O)c1cnc(N)c2cc(-c3cccc(F)c3)ccc12. The molecule has 0 aliphatic rings. The minimum absolute atomic E-state index is 0.226. The molecule has 0 atom stereocenters. The minimum Gasteiger partial charge on any atom is -0.383 e. The first-order chi connectivity index (χ1) is 10.6. The molecule has 0 radical (unpaired) electrons. The largest absolute Gasteiger partial charge is 0.383 e. The molecule has 0 spiro atoms. The molecule has 1 heterocycles. The lowest BCUT2D eigenvalue weighted by atomic mass is 9.99. The predicted molar refractivity (Wildman–Crippen MR) is 84.9 cm³/mol. The number of fused-ring (bicyclic) bond motifs is 1. The normalized spacial score (nSPS) is 10.6. The molecule has 0 saturated heterocycles. The fourth-order valence-corrected chi connectivity index (χ4v) is 2.43. The second-order valence-electron chi connectivity index (χ2n) is 4.91. The van der Waals surface area contributed by atoms with Crippen molar-refractivity contribution in [3.8, 4) is 11.1 Å². The third-order valence-corrected chi connectivity index (χ3v) is 3.55. The Kier molecular flexibility index (Phi) is 3.47. The van der Waals surface area contributed by atoms with E-state index in [0.29, 0.717) is 22.2 Å². The average molecular weight is 295 g/mol. The van der Waals surface area contributed by atoms with Crippen LogP contribution in [0.25, 0.3) is 21.9 Å². The first-order valence-electron chi connectivity index (χ1n) is 6.76. The number of aromatic nitrogens is 1. The molecule has 4 nitrogen and oxygen atoms in total. The third-order valence-electron chi connectivity index (χ3n) is 3.55. The lowest BCUT2D eigenvalue weighted by molar-refractivity contribution is 0.0964. The molecule has 3 aromatic rings. The summed E-state index contributed by atoms with van der Waals surface area (Å²) in [5, 5.41) is 3.96. The Bertz CT molecular complexity index is 877. The van der Waals surface area contributed by atoms with E-state index < -0.39 is 0 Å². The number of amides is 1. The van der Waals surface area contributed by atoms with Crippen molar-refractivity contribution in [1.82, 2.24) is 10.3 Å². The first kappa shape index (κ1) is 14.0. The van der Waals surface area contributed by atoms with Crippen LogP contribution in [0.4, 0.5) is 10.2 Å². The van der Waals surface area contributed by atoms with E-state index >= 15 is 0 Å². The fraction of sp³-hybridized carbons (Fsp3) is 0.0588. The summed E-state index contributed by atoms with van der Waals surface area (Å²) in [4.78, 5) is 16.0. The van der Waals surface area contributed by atoms with Gasteiger partial charge in [-0.25, -0.2) is 9.37 Å². The Labute approximate surface area is 126 Å². The fourth-order valence-electron chi connectivity index (χ4n) is 2.43. The molecule has 0 bridgehead atoms. The summed E-state index contributed by atoms with van der Waals surface area (Å²) in [5.74, 6) is -0.195. The monoisotopic (exact) mass is 295 g/mol. The highest BCUT2D eigenvalue weighted by Gasteiger charge is 2.12. The van der Waals surface area contributed by atoms with Gasteiger partial charge in [-0.05, 0) is 34.7 Å². The topological polar surface area (TPSA) is 68.0 Å². The molecule has 0 aliphatic carbocycles. The van der Waals surface area contributed by atoms with E-state index in [2.05, 4.69) is 10.3 Å². The standard InChI is InChI=1S/C17H14FN3O/c1-20-17(22)15-9-21-16(19)14-8-11(5-6-13(14)15)10-3-2-4-12(18)7-10/h2-9H,1H3,(H2,19,21)(H,20,22). The van der Waals surface area contributed by atoms with Gasteiger partial charge in [-0.15, -0.1) is 0 Å². The van der Waals surface area contributed by atoms with Crippen LogP contribution in [0.5, 0.6) is 0 Å². The lowest BCUT2D eigenvalue weighted by Crippen LogP contribution is -2.18. The van der Waals surface area contributed by atoms with E-state index in [0.717, 1.165) is 11.1 Å². The van der Waals surface area contributed by atoms with E-state index in [9.17, 15) is 9.18 Å². The number of halogens is 1. The molecule has 0 unspecified atom stereocenters. The van der Waals surface area contributed by atoms with Gasteiger partial charge >= 0.3 is 0 Å². The number of nitrogens with two attached hydrogens (primary N) is 1. The Morgan fingerprint density at radius 1 is 1.14 bits per heavy atom. The van der Waals surface area contributed by atoms with Crippen LogP contribution in [0.3, 0.4) is 0 Å². The van der Waals surface area contributed by atoms with Crippen LogP contribution in [0.1, 0.15) is 10.4 Å². The van der Waals surface area contributed by atoms with Gasteiger partial charge in [-0.1, -0.05) is 24.3 Å². The van der Waals surface area contributed by atoms with Crippen molar-refractivity contribution < 1.29 is 9.18 Å². The van der Waals surface area contributed by atoms with Crippen molar-refractivity contribution in [3.63, 3.8) is 0 Å². The van der Waals surface area contributed by atoms with Crippen LogP contribution < -0.4 is 11.1 Å². The Hall–Kier alpha value is -2.95. The summed E-state index contributed by atoms with van der Waals surface area (Å²) in [7, 11) is 1.56. The van der Waals surface area contributed by atoms with Crippen molar-refractivity contribution in [2.75, 3.05) is 12.8 Å². The van der Waals surface area contributed by atoms with Gasteiger partial charge in [-0.3, -0.25) is 4.79 Å². The molecule has 1 amide bonds. The number of pyridine rings is 1. The number of carbonyl (C=O) groups is 1. The summed E-state index contributed by atoms with van der Waals surface area (Å²) in [5.41, 5.74) is 7.94. The van der Waals surface area contributed by atoms with Crippen molar-refractivity contribution in [2.24, 2.45) is 0 Å². The Morgan fingerprint density at radius 2 is 1.91 bits per heavy atom. The molecule has 0 aliphatic heterocycles. The molecular weight excluding hydrogens is 281 g/mol. The van der Waals surface area contributed by atoms with Crippen LogP contribution in [0.2, 0.25) is 0 Å². The predicted octanol–water partition coefficient (Wildman–Crippen LogP) is 2.98. The van der Waals surface area contributed by atoms with Gasteiger partial charge in [0.25, 0.3) is 5.91 Å². The second kappa shape index (κ2) is 5.44. The summed E-state index contributed by atoms with van der Waals surface area (Å²) in [6, 6.07) is 11.8. The molecule has 3 rings (SSSR count). The molecule has 1 aromatic heterocycles. The van der Waals surface area contributed by atoms with Crippen molar-refractivity contribution in [3.05, 3.63) is 60.0 Å². The van der Waals surface area contributed by atoms with Crippen LogP contribution in [0.15, 0.2) is 48.7 Å².